The normalized spacial score (nSPS) is 11.6. The predicted octanol–water partition coefficient (Wildman–Crippen LogP) is 5.50. The van der Waals surface area contributed by atoms with Gasteiger partial charge in [-0.25, -0.2) is 9.59 Å². The third-order valence-electron chi connectivity index (χ3n) is 4.57. The molecule has 2 N–H and O–H groups in total. The van der Waals surface area contributed by atoms with Gasteiger partial charge in [-0.3, -0.25) is 0 Å². The van der Waals surface area contributed by atoms with Crippen molar-refractivity contribution in [3.05, 3.63) is 59.7 Å². The molecule has 0 aliphatic rings. The Hall–Kier alpha value is -2.82. The van der Waals surface area contributed by atoms with E-state index in [1.165, 1.54) is 6.07 Å². The van der Waals surface area contributed by atoms with E-state index in [1.807, 2.05) is 0 Å². The third-order valence-corrected chi connectivity index (χ3v) is 4.57. The zero-order chi connectivity index (χ0) is 19.6. The zero-order valence-corrected chi connectivity index (χ0v) is 15.9. The highest BCUT2D eigenvalue weighted by Crippen LogP contribution is 2.25. The minimum Gasteiger partial charge on any atom is -0.478 e. The van der Waals surface area contributed by atoms with Crippen LogP contribution in [0, 0.1) is 5.92 Å². The summed E-state index contributed by atoms with van der Waals surface area (Å²) >= 11 is 0. The molecule has 5 heteroatoms. The Labute approximate surface area is 160 Å². The molecule has 0 heterocycles. The molecule has 0 saturated heterocycles. The van der Waals surface area contributed by atoms with Crippen molar-refractivity contribution < 1.29 is 19.4 Å². The molecule has 2 aromatic rings. The molecular weight excluding hydrogens is 342 g/mol. The first-order valence-corrected chi connectivity index (χ1v) is 9.42. The summed E-state index contributed by atoms with van der Waals surface area (Å²) in [5, 5.41) is 12.4. The van der Waals surface area contributed by atoms with Crippen molar-refractivity contribution in [1.82, 2.24) is 0 Å². The quantitative estimate of drug-likeness (QED) is 0.541. The van der Waals surface area contributed by atoms with Gasteiger partial charge in [0.05, 0.1) is 29.1 Å². The summed E-state index contributed by atoms with van der Waals surface area (Å²) < 4.78 is 5.54. The van der Waals surface area contributed by atoms with Crippen LogP contribution in [-0.4, -0.2) is 23.7 Å². The fourth-order valence-corrected chi connectivity index (χ4v) is 2.86. The van der Waals surface area contributed by atoms with Crippen molar-refractivity contribution >= 4 is 23.3 Å². The molecule has 0 spiro atoms. The van der Waals surface area contributed by atoms with E-state index in [1.54, 1.807) is 42.5 Å². The number of aromatic carboxylic acids is 1. The molecule has 2 aromatic carbocycles. The molecule has 0 bridgehead atoms. The van der Waals surface area contributed by atoms with Crippen LogP contribution in [0.5, 0.6) is 0 Å². The van der Waals surface area contributed by atoms with Gasteiger partial charge in [0.25, 0.3) is 0 Å². The largest absolute Gasteiger partial charge is 0.478 e. The molecule has 2 rings (SSSR count). The van der Waals surface area contributed by atoms with Crippen LogP contribution in [0.3, 0.4) is 0 Å². The maximum atomic E-state index is 12.6. The molecule has 0 amide bonds. The fourth-order valence-electron chi connectivity index (χ4n) is 2.86. The maximum Gasteiger partial charge on any atom is 0.340 e. The van der Waals surface area contributed by atoms with Crippen LogP contribution in [0.4, 0.5) is 11.4 Å². The van der Waals surface area contributed by atoms with Crippen LogP contribution in [0.25, 0.3) is 0 Å². The van der Waals surface area contributed by atoms with Gasteiger partial charge in [-0.1, -0.05) is 57.4 Å². The van der Waals surface area contributed by atoms with Gasteiger partial charge in [0, 0.05) is 0 Å². The summed E-state index contributed by atoms with van der Waals surface area (Å²) in [4.78, 5) is 24.0. The monoisotopic (exact) mass is 369 g/mol. The first-order chi connectivity index (χ1) is 13.1. The van der Waals surface area contributed by atoms with Crippen molar-refractivity contribution in [1.29, 1.82) is 0 Å². The number of nitrogens with one attached hydrogen (secondary N) is 1. The number of carbonyl (C=O) groups excluding carboxylic acids is 1. The lowest BCUT2D eigenvalue weighted by atomic mass is 10.0. The highest BCUT2D eigenvalue weighted by molar-refractivity contribution is 5.99. The van der Waals surface area contributed by atoms with E-state index in [-0.39, 0.29) is 5.56 Å². The Morgan fingerprint density at radius 2 is 1.59 bits per heavy atom. The van der Waals surface area contributed by atoms with E-state index < -0.39 is 11.9 Å². The number of ether oxygens (including phenoxy) is 1. The number of rotatable bonds is 10. The lowest BCUT2D eigenvalue weighted by Crippen LogP contribution is -2.15. The molecule has 1 atom stereocenters. The number of carboxylic acids is 1. The van der Waals surface area contributed by atoms with Crippen LogP contribution in [0.15, 0.2) is 48.5 Å². The Morgan fingerprint density at radius 3 is 2.19 bits per heavy atom. The van der Waals surface area contributed by atoms with Gasteiger partial charge >= 0.3 is 11.9 Å². The summed E-state index contributed by atoms with van der Waals surface area (Å²) in [5.41, 5.74) is 1.49. The van der Waals surface area contributed by atoms with Gasteiger partial charge in [-0.05, 0) is 36.6 Å². The Bertz CT molecular complexity index is 772. The van der Waals surface area contributed by atoms with Crippen molar-refractivity contribution in [2.45, 2.75) is 39.5 Å². The van der Waals surface area contributed by atoms with E-state index in [0.717, 1.165) is 25.7 Å². The average molecular weight is 369 g/mol. The van der Waals surface area contributed by atoms with Gasteiger partial charge in [-0.15, -0.1) is 0 Å². The van der Waals surface area contributed by atoms with Crippen molar-refractivity contribution in [3.63, 3.8) is 0 Å². The molecule has 144 valence electrons. The second kappa shape index (κ2) is 10.4. The van der Waals surface area contributed by atoms with Crippen LogP contribution >= 0.6 is 0 Å². The van der Waals surface area contributed by atoms with E-state index in [2.05, 4.69) is 19.2 Å². The lowest BCUT2D eigenvalue weighted by molar-refractivity contribution is 0.0429. The minimum atomic E-state index is -1.03. The lowest BCUT2D eigenvalue weighted by Gasteiger charge is -2.16. The van der Waals surface area contributed by atoms with Crippen molar-refractivity contribution in [2.75, 3.05) is 11.9 Å². The molecule has 0 radical (unpaired) electrons. The van der Waals surface area contributed by atoms with Gasteiger partial charge in [0.1, 0.15) is 0 Å². The fraction of sp³-hybridized carbons (Fsp3) is 0.364. The molecule has 5 nitrogen and oxygen atoms in total. The van der Waals surface area contributed by atoms with Gasteiger partial charge in [0.2, 0.25) is 0 Å². The number of para-hydroxylation sites is 2. The molecule has 0 aliphatic carbocycles. The van der Waals surface area contributed by atoms with Gasteiger partial charge in [-0.2, -0.15) is 0 Å². The van der Waals surface area contributed by atoms with Gasteiger partial charge in [0.15, 0.2) is 0 Å². The highest BCUT2D eigenvalue weighted by Gasteiger charge is 2.17. The molecule has 0 aliphatic heterocycles. The molecule has 0 fully saturated rings. The third kappa shape index (κ3) is 5.84. The standard InChI is InChI=1S/C22H27NO4/c1-3-5-10-16(4-2)15-27-22(26)18-12-7-9-14-20(18)23-19-13-8-6-11-17(19)21(24)25/h6-9,11-14,16,23H,3-5,10,15H2,1-2H3,(H,24,25). The number of carboxylic acid groups (broad SMARTS) is 1. The number of hydrogen-bond donors (Lipinski definition) is 2. The van der Waals surface area contributed by atoms with Crippen LogP contribution in [-0.2, 0) is 4.74 Å². The number of benzene rings is 2. The molecule has 27 heavy (non-hydrogen) atoms. The van der Waals surface area contributed by atoms with Gasteiger partial charge < -0.3 is 15.2 Å². The van der Waals surface area contributed by atoms with E-state index in [4.69, 9.17) is 4.74 Å². The SMILES string of the molecule is CCCCC(CC)COC(=O)c1ccccc1Nc1ccccc1C(=O)O. The summed E-state index contributed by atoms with van der Waals surface area (Å²) in [6.45, 7) is 4.65. The second-order valence-electron chi connectivity index (χ2n) is 6.54. The Balaban J connectivity index is 2.13. The van der Waals surface area contributed by atoms with Crippen molar-refractivity contribution in [2.24, 2.45) is 5.92 Å². The number of hydrogen-bond acceptors (Lipinski definition) is 4. The summed E-state index contributed by atoms with van der Waals surface area (Å²) in [6, 6.07) is 13.6. The number of anilines is 2. The summed E-state index contributed by atoms with van der Waals surface area (Å²) in [6.07, 6.45) is 4.27. The average Bonchev–Trinajstić information content (AvgIpc) is 2.68. The predicted molar refractivity (Wildman–Crippen MR) is 107 cm³/mol. The topological polar surface area (TPSA) is 75.6 Å². The number of unbranched alkanes of at least 4 members (excludes halogenated alkanes) is 1. The molecular formula is C22H27NO4. The van der Waals surface area contributed by atoms with Crippen LogP contribution < -0.4 is 5.32 Å². The highest BCUT2D eigenvalue weighted by atomic mass is 16.5. The van der Waals surface area contributed by atoms with E-state index in [9.17, 15) is 14.7 Å². The smallest absolute Gasteiger partial charge is 0.340 e. The van der Waals surface area contributed by atoms with Crippen molar-refractivity contribution in [3.8, 4) is 0 Å². The molecule has 0 saturated carbocycles. The number of carbonyl (C=O) groups is 2. The van der Waals surface area contributed by atoms with E-state index in [0.29, 0.717) is 29.5 Å². The Morgan fingerprint density at radius 1 is 1.00 bits per heavy atom. The summed E-state index contributed by atoms with van der Waals surface area (Å²) in [5.74, 6) is -1.07. The first-order valence-electron chi connectivity index (χ1n) is 9.42. The Kier molecular flexibility index (Phi) is 7.86. The van der Waals surface area contributed by atoms with Crippen LogP contribution in [0.1, 0.15) is 60.2 Å². The number of esters is 1. The van der Waals surface area contributed by atoms with E-state index >= 15 is 0 Å². The molecule has 1 unspecified atom stereocenters. The minimum absolute atomic E-state index is 0.145. The maximum absolute atomic E-state index is 12.6. The molecule has 0 aromatic heterocycles. The first kappa shape index (κ1) is 20.5. The second-order valence-corrected chi connectivity index (χ2v) is 6.54. The van der Waals surface area contributed by atoms with Crippen LogP contribution in [0.2, 0.25) is 0 Å². The summed E-state index contributed by atoms with van der Waals surface area (Å²) in [7, 11) is 0. The zero-order valence-electron chi connectivity index (χ0n) is 15.9.